The predicted octanol–water partition coefficient (Wildman–Crippen LogP) is 2.26. The Labute approximate surface area is 95.4 Å². The van der Waals surface area contributed by atoms with E-state index in [1.54, 1.807) is 26.2 Å². The Hall–Kier alpha value is -1.13. The molecule has 0 radical (unpaired) electrons. The smallest absolute Gasteiger partial charge is 0.131 e. The van der Waals surface area contributed by atoms with Gasteiger partial charge in [0.1, 0.15) is 17.7 Å². The van der Waals surface area contributed by atoms with Crippen LogP contribution in [0.4, 0.5) is 4.39 Å². The van der Waals surface area contributed by atoms with Gasteiger partial charge in [0.25, 0.3) is 0 Å². The van der Waals surface area contributed by atoms with Gasteiger partial charge >= 0.3 is 0 Å². The summed E-state index contributed by atoms with van der Waals surface area (Å²) in [7, 11) is 1.60. The highest BCUT2D eigenvalue weighted by Crippen LogP contribution is 2.27. The number of hydrogen-bond donors (Lipinski definition) is 1. The Morgan fingerprint density at radius 1 is 1.38 bits per heavy atom. The van der Waals surface area contributed by atoms with Crippen LogP contribution in [0.25, 0.3) is 0 Å². The van der Waals surface area contributed by atoms with Gasteiger partial charge in [-0.05, 0) is 26.0 Å². The summed E-state index contributed by atoms with van der Waals surface area (Å²) in [6.45, 7) is 4.04. The topological polar surface area (TPSA) is 44.5 Å². The van der Waals surface area contributed by atoms with Gasteiger partial charge in [-0.15, -0.1) is 0 Å². The molecule has 0 aliphatic heterocycles. The van der Waals surface area contributed by atoms with Gasteiger partial charge in [-0.1, -0.05) is 6.07 Å². The molecule has 1 rings (SSSR count). The highest BCUT2D eigenvalue weighted by atomic mass is 19.1. The third-order valence-corrected chi connectivity index (χ3v) is 2.20. The van der Waals surface area contributed by atoms with Gasteiger partial charge in [0.15, 0.2) is 0 Å². The Kier molecular flexibility index (Phi) is 4.71. The van der Waals surface area contributed by atoms with Crippen molar-refractivity contribution in [2.45, 2.75) is 26.0 Å². The lowest BCUT2D eigenvalue weighted by Crippen LogP contribution is -2.20. The first-order chi connectivity index (χ1) is 7.56. The van der Waals surface area contributed by atoms with Crippen molar-refractivity contribution in [3.63, 3.8) is 0 Å². The third-order valence-electron chi connectivity index (χ3n) is 2.20. The molecule has 2 atom stereocenters. The fourth-order valence-corrected chi connectivity index (χ4v) is 1.55. The van der Waals surface area contributed by atoms with E-state index >= 15 is 0 Å². The number of nitrogens with two attached hydrogens (primary N) is 1. The maximum Gasteiger partial charge on any atom is 0.131 e. The van der Waals surface area contributed by atoms with Crippen molar-refractivity contribution < 1.29 is 13.9 Å². The average molecular weight is 227 g/mol. The first-order valence-electron chi connectivity index (χ1n) is 5.25. The molecule has 1 aromatic carbocycles. The Morgan fingerprint density at radius 3 is 2.62 bits per heavy atom. The largest absolute Gasteiger partial charge is 0.488 e. The molecule has 4 heteroatoms. The summed E-state index contributed by atoms with van der Waals surface area (Å²) in [6.07, 6.45) is -0.135. The van der Waals surface area contributed by atoms with Crippen molar-refractivity contribution in [2.75, 3.05) is 13.7 Å². The predicted molar refractivity (Wildman–Crippen MR) is 61.0 cm³/mol. The molecular weight excluding hydrogens is 209 g/mol. The molecule has 2 unspecified atom stereocenters. The monoisotopic (exact) mass is 227 g/mol. The molecule has 0 fully saturated rings. The van der Waals surface area contributed by atoms with Gasteiger partial charge in [-0.25, -0.2) is 4.39 Å². The molecule has 0 aromatic heterocycles. The SMILES string of the molecule is COCC(C)Oc1cccc(F)c1C(C)N. The zero-order chi connectivity index (χ0) is 12.1. The average Bonchev–Trinajstić information content (AvgIpc) is 2.17. The second kappa shape index (κ2) is 5.82. The summed E-state index contributed by atoms with van der Waals surface area (Å²) in [5, 5.41) is 0. The van der Waals surface area contributed by atoms with Crippen molar-refractivity contribution >= 4 is 0 Å². The number of ether oxygens (including phenoxy) is 2. The van der Waals surface area contributed by atoms with E-state index in [0.29, 0.717) is 17.9 Å². The fraction of sp³-hybridized carbons (Fsp3) is 0.500. The molecule has 0 saturated carbocycles. The van der Waals surface area contributed by atoms with Crippen molar-refractivity contribution in [1.29, 1.82) is 0 Å². The highest BCUT2D eigenvalue weighted by molar-refractivity contribution is 5.36. The number of halogens is 1. The van der Waals surface area contributed by atoms with Gasteiger partial charge < -0.3 is 15.2 Å². The summed E-state index contributed by atoms with van der Waals surface area (Å²) in [5.41, 5.74) is 6.12. The molecular formula is C12H18FNO2. The molecule has 0 bridgehead atoms. The van der Waals surface area contributed by atoms with Gasteiger partial charge in [0.2, 0.25) is 0 Å². The molecule has 0 aliphatic carbocycles. The quantitative estimate of drug-likeness (QED) is 0.839. The lowest BCUT2D eigenvalue weighted by Gasteiger charge is -2.18. The zero-order valence-corrected chi connectivity index (χ0v) is 9.87. The molecule has 0 amide bonds. The summed E-state index contributed by atoms with van der Waals surface area (Å²) in [4.78, 5) is 0. The van der Waals surface area contributed by atoms with Crippen LogP contribution in [0.1, 0.15) is 25.5 Å². The minimum absolute atomic E-state index is 0.135. The maximum atomic E-state index is 13.5. The van der Waals surface area contributed by atoms with E-state index in [1.807, 2.05) is 6.92 Å². The summed E-state index contributed by atoms with van der Waals surface area (Å²) in [5.74, 6) is 0.150. The second-order valence-corrected chi connectivity index (χ2v) is 3.82. The summed E-state index contributed by atoms with van der Waals surface area (Å²) >= 11 is 0. The van der Waals surface area contributed by atoms with Crippen molar-refractivity contribution in [3.8, 4) is 5.75 Å². The normalized spacial score (nSPS) is 14.6. The molecule has 1 aromatic rings. The second-order valence-electron chi connectivity index (χ2n) is 3.82. The Morgan fingerprint density at radius 2 is 2.06 bits per heavy atom. The van der Waals surface area contributed by atoms with E-state index in [9.17, 15) is 4.39 Å². The summed E-state index contributed by atoms with van der Waals surface area (Å²) in [6, 6.07) is 4.31. The highest BCUT2D eigenvalue weighted by Gasteiger charge is 2.15. The van der Waals surface area contributed by atoms with E-state index in [2.05, 4.69) is 0 Å². The van der Waals surface area contributed by atoms with Crippen LogP contribution in [0, 0.1) is 5.82 Å². The molecule has 0 spiro atoms. The molecule has 2 N–H and O–H groups in total. The van der Waals surface area contributed by atoms with Crippen LogP contribution in [0.5, 0.6) is 5.75 Å². The third kappa shape index (κ3) is 3.18. The molecule has 0 saturated heterocycles. The fourth-order valence-electron chi connectivity index (χ4n) is 1.55. The Bertz CT molecular complexity index is 342. The van der Waals surface area contributed by atoms with Gasteiger partial charge in [0, 0.05) is 18.7 Å². The standard InChI is InChI=1S/C12H18FNO2/c1-8(7-15-3)16-11-6-4-5-10(13)12(11)9(2)14/h4-6,8-9H,7,14H2,1-3H3. The first-order valence-corrected chi connectivity index (χ1v) is 5.25. The number of methoxy groups -OCH3 is 1. The molecule has 0 heterocycles. The minimum atomic E-state index is -0.397. The number of hydrogen-bond acceptors (Lipinski definition) is 3. The van der Waals surface area contributed by atoms with Crippen LogP contribution in [-0.2, 0) is 4.74 Å². The maximum absolute atomic E-state index is 13.5. The van der Waals surface area contributed by atoms with E-state index in [-0.39, 0.29) is 11.9 Å². The minimum Gasteiger partial charge on any atom is -0.488 e. The van der Waals surface area contributed by atoms with Crippen LogP contribution in [0.2, 0.25) is 0 Å². The van der Waals surface area contributed by atoms with E-state index < -0.39 is 6.04 Å². The van der Waals surface area contributed by atoms with Crippen molar-refractivity contribution in [3.05, 3.63) is 29.6 Å². The van der Waals surface area contributed by atoms with Crippen LogP contribution < -0.4 is 10.5 Å². The van der Waals surface area contributed by atoms with E-state index in [4.69, 9.17) is 15.2 Å². The van der Waals surface area contributed by atoms with Gasteiger partial charge in [-0.3, -0.25) is 0 Å². The molecule has 90 valence electrons. The molecule has 16 heavy (non-hydrogen) atoms. The molecule has 0 aliphatic rings. The van der Waals surface area contributed by atoms with Crippen LogP contribution >= 0.6 is 0 Å². The zero-order valence-electron chi connectivity index (χ0n) is 9.87. The van der Waals surface area contributed by atoms with Gasteiger partial charge in [-0.2, -0.15) is 0 Å². The van der Waals surface area contributed by atoms with Crippen LogP contribution in [0.15, 0.2) is 18.2 Å². The lowest BCUT2D eigenvalue weighted by atomic mass is 10.1. The summed E-state index contributed by atoms with van der Waals surface area (Å²) < 4.78 is 24.1. The van der Waals surface area contributed by atoms with Crippen molar-refractivity contribution in [1.82, 2.24) is 0 Å². The van der Waals surface area contributed by atoms with Crippen molar-refractivity contribution in [2.24, 2.45) is 5.73 Å². The van der Waals surface area contributed by atoms with Crippen LogP contribution in [-0.4, -0.2) is 19.8 Å². The van der Waals surface area contributed by atoms with Crippen LogP contribution in [0.3, 0.4) is 0 Å². The Balaban J connectivity index is 2.90. The molecule has 3 nitrogen and oxygen atoms in total. The van der Waals surface area contributed by atoms with E-state index in [1.165, 1.54) is 6.07 Å². The van der Waals surface area contributed by atoms with E-state index in [0.717, 1.165) is 0 Å². The first kappa shape index (κ1) is 12.9. The number of benzene rings is 1. The number of rotatable bonds is 5. The lowest BCUT2D eigenvalue weighted by molar-refractivity contribution is 0.0909. The van der Waals surface area contributed by atoms with Gasteiger partial charge in [0.05, 0.1) is 6.61 Å².